The fourth-order valence-corrected chi connectivity index (χ4v) is 3.40. The van der Waals surface area contributed by atoms with E-state index in [9.17, 15) is 4.79 Å². The third-order valence-corrected chi connectivity index (χ3v) is 4.85. The Morgan fingerprint density at radius 1 is 1.05 bits per heavy atom. The summed E-state index contributed by atoms with van der Waals surface area (Å²) in [6.07, 6.45) is 7.36. The van der Waals surface area contributed by atoms with Gasteiger partial charge in [-0.05, 0) is 44.9 Å². The summed E-state index contributed by atoms with van der Waals surface area (Å²) in [5.74, 6) is 0.106. The molecule has 3 rings (SSSR count). The smallest absolute Gasteiger partial charge is 0.242 e. The van der Waals surface area contributed by atoms with E-state index in [0.717, 1.165) is 58.2 Å². The van der Waals surface area contributed by atoms with E-state index in [1.54, 1.807) is 0 Å². The number of carbonyl (C=O) groups is 1. The van der Waals surface area contributed by atoms with E-state index < -0.39 is 5.54 Å². The molecule has 0 radical (unpaired) electrons. The third-order valence-electron chi connectivity index (χ3n) is 4.85. The van der Waals surface area contributed by atoms with Gasteiger partial charge in [-0.2, -0.15) is 0 Å². The van der Waals surface area contributed by atoms with Crippen molar-refractivity contribution in [1.82, 2.24) is 4.90 Å². The number of nitrogens with two attached hydrogens (primary N) is 1. The third kappa shape index (κ3) is 3.00. The predicted octanol–water partition coefficient (Wildman–Crippen LogP) is 1.05. The predicted molar refractivity (Wildman–Crippen MR) is 75.3 cm³/mol. The van der Waals surface area contributed by atoms with Gasteiger partial charge in [0.25, 0.3) is 0 Å². The van der Waals surface area contributed by atoms with Gasteiger partial charge >= 0.3 is 0 Å². The van der Waals surface area contributed by atoms with Crippen molar-refractivity contribution >= 4 is 5.91 Å². The monoisotopic (exact) mass is 282 g/mol. The molecule has 2 heterocycles. The molecule has 0 aromatic rings. The first-order chi connectivity index (χ1) is 9.67. The Morgan fingerprint density at radius 3 is 1.95 bits per heavy atom. The molecule has 0 aromatic carbocycles. The van der Waals surface area contributed by atoms with E-state index in [2.05, 4.69) is 0 Å². The van der Waals surface area contributed by atoms with Crippen LogP contribution in [0.25, 0.3) is 0 Å². The average molecular weight is 282 g/mol. The van der Waals surface area contributed by atoms with Crippen molar-refractivity contribution in [3.63, 3.8) is 0 Å². The van der Waals surface area contributed by atoms with E-state index >= 15 is 0 Å². The molecule has 3 fully saturated rings. The Hall–Kier alpha value is -0.650. The number of nitrogens with zero attached hydrogens (tertiary/aromatic N) is 1. The van der Waals surface area contributed by atoms with Crippen molar-refractivity contribution in [3.05, 3.63) is 0 Å². The first kappa shape index (κ1) is 14.3. The van der Waals surface area contributed by atoms with Crippen LogP contribution in [0, 0.1) is 0 Å². The van der Waals surface area contributed by atoms with Crippen LogP contribution in [-0.2, 0) is 14.3 Å². The number of hydrogen-bond donors (Lipinski definition) is 1. The molecule has 2 saturated heterocycles. The Morgan fingerprint density at radius 2 is 1.60 bits per heavy atom. The van der Waals surface area contributed by atoms with Crippen molar-refractivity contribution in [2.24, 2.45) is 5.73 Å². The van der Waals surface area contributed by atoms with Crippen molar-refractivity contribution in [1.29, 1.82) is 0 Å². The van der Waals surface area contributed by atoms with Crippen molar-refractivity contribution in [3.8, 4) is 0 Å². The molecule has 114 valence electrons. The second-order valence-electron chi connectivity index (χ2n) is 6.49. The average Bonchev–Trinajstić information content (AvgIpc) is 3.07. The molecule has 2 unspecified atom stereocenters. The number of hydrogen-bond acceptors (Lipinski definition) is 4. The maximum absolute atomic E-state index is 12.7. The highest BCUT2D eigenvalue weighted by Gasteiger charge is 2.43. The van der Waals surface area contributed by atoms with Crippen LogP contribution in [0.1, 0.15) is 44.9 Å². The Kier molecular flexibility index (Phi) is 4.29. The van der Waals surface area contributed by atoms with E-state index in [4.69, 9.17) is 15.2 Å². The summed E-state index contributed by atoms with van der Waals surface area (Å²) >= 11 is 0. The lowest BCUT2D eigenvalue weighted by atomic mass is 9.76. The van der Waals surface area contributed by atoms with E-state index in [1.807, 2.05) is 4.90 Å². The summed E-state index contributed by atoms with van der Waals surface area (Å²) in [7, 11) is 0. The van der Waals surface area contributed by atoms with Gasteiger partial charge in [0.05, 0.1) is 17.7 Å². The second-order valence-corrected chi connectivity index (χ2v) is 6.49. The summed E-state index contributed by atoms with van der Waals surface area (Å²) in [4.78, 5) is 14.6. The van der Waals surface area contributed by atoms with Crippen LogP contribution >= 0.6 is 0 Å². The lowest BCUT2D eigenvalue weighted by Crippen LogP contribution is -2.61. The Bertz CT molecular complexity index is 327. The normalized spacial score (nSPS) is 32.0. The highest BCUT2D eigenvalue weighted by atomic mass is 16.5. The largest absolute Gasteiger partial charge is 0.376 e. The van der Waals surface area contributed by atoms with Crippen molar-refractivity contribution in [2.45, 2.75) is 62.7 Å². The molecule has 2 aliphatic heterocycles. The lowest BCUT2D eigenvalue weighted by Gasteiger charge is -2.41. The molecule has 0 spiro atoms. The summed E-state index contributed by atoms with van der Waals surface area (Å²) in [6.45, 7) is 3.00. The molecule has 0 aromatic heterocycles. The topological polar surface area (TPSA) is 64.8 Å². The fourth-order valence-electron chi connectivity index (χ4n) is 3.40. The fraction of sp³-hybridized carbons (Fsp3) is 0.933. The van der Waals surface area contributed by atoms with Crippen molar-refractivity contribution in [2.75, 3.05) is 26.3 Å². The second kappa shape index (κ2) is 6.00. The molecule has 1 saturated carbocycles. The molecule has 3 aliphatic rings. The van der Waals surface area contributed by atoms with E-state index in [-0.39, 0.29) is 18.1 Å². The maximum Gasteiger partial charge on any atom is 0.242 e. The van der Waals surface area contributed by atoms with Gasteiger partial charge in [-0.1, -0.05) is 0 Å². The van der Waals surface area contributed by atoms with Gasteiger partial charge in [0.2, 0.25) is 5.91 Å². The summed E-state index contributed by atoms with van der Waals surface area (Å²) in [5, 5.41) is 0. The molecule has 0 bridgehead atoms. The number of rotatable bonds is 5. The number of ether oxygens (including phenoxy) is 2. The lowest BCUT2D eigenvalue weighted by molar-refractivity contribution is -0.143. The molecular formula is C15H26N2O3. The zero-order valence-electron chi connectivity index (χ0n) is 12.2. The minimum absolute atomic E-state index is 0.106. The van der Waals surface area contributed by atoms with Crippen molar-refractivity contribution < 1.29 is 14.3 Å². The van der Waals surface area contributed by atoms with Crippen LogP contribution in [0.4, 0.5) is 0 Å². The molecule has 1 amide bonds. The van der Waals surface area contributed by atoms with Crippen LogP contribution in [-0.4, -0.2) is 54.9 Å². The Balaban J connectivity index is 1.63. The zero-order chi connectivity index (χ0) is 14.0. The molecule has 2 N–H and O–H groups in total. The van der Waals surface area contributed by atoms with E-state index in [1.165, 1.54) is 0 Å². The maximum atomic E-state index is 12.7. The SMILES string of the molecule is NC1(C(=O)N(CC2CCCO2)CC2CCCO2)CCC1. The first-order valence-corrected chi connectivity index (χ1v) is 7.99. The highest BCUT2D eigenvalue weighted by Crippen LogP contribution is 2.32. The van der Waals surface area contributed by atoms with Gasteiger partial charge in [-0.25, -0.2) is 0 Å². The molecule has 1 aliphatic carbocycles. The summed E-state index contributed by atoms with van der Waals surface area (Å²) < 4.78 is 11.4. The minimum Gasteiger partial charge on any atom is -0.376 e. The number of carbonyl (C=O) groups excluding carboxylic acids is 1. The van der Waals surface area contributed by atoms with Gasteiger partial charge < -0.3 is 20.1 Å². The first-order valence-electron chi connectivity index (χ1n) is 7.99. The van der Waals surface area contributed by atoms with Crippen LogP contribution in [0.3, 0.4) is 0 Å². The molecule has 5 nitrogen and oxygen atoms in total. The summed E-state index contributed by atoms with van der Waals surface area (Å²) in [5.41, 5.74) is 5.61. The highest BCUT2D eigenvalue weighted by molar-refractivity contribution is 5.87. The van der Waals surface area contributed by atoms with Gasteiger partial charge in [0, 0.05) is 26.3 Å². The molecule has 5 heteroatoms. The molecule has 20 heavy (non-hydrogen) atoms. The van der Waals surface area contributed by atoms with Crippen LogP contribution in [0.5, 0.6) is 0 Å². The van der Waals surface area contributed by atoms with E-state index in [0.29, 0.717) is 13.1 Å². The van der Waals surface area contributed by atoms with Gasteiger partial charge in [0.1, 0.15) is 0 Å². The molecular weight excluding hydrogens is 256 g/mol. The van der Waals surface area contributed by atoms with Gasteiger partial charge in [-0.15, -0.1) is 0 Å². The quantitative estimate of drug-likeness (QED) is 0.819. The van der Waals surface area contributed by atoms with Crippen LogP contribution < -0.4 is 5.73 Å². The van der Waals surface area contributed by atoms with Crippen LogP contribution in [0.15, 0.2) is 0 Å². The molecule has 2 atom stereocenters. The van der Waals surface area contributed by atoms with Crippen LogP contribution in [0.2, 0.25) is 0 Å². The zero-order valence-corrected chi connectivity index (χ0v) is 12.2. The summed E-state index contributed by atoms with van der Waals surface area (Å²) in [6, 6.07) is 0. The standard InChI is InChI=1S/C15H26N2O3/c16-15(6-3-7-15)14(18)17(10-12-4-1-8-19-12)11-13-5-2-9-20-13/h12-13H,1-11,16H2. The van der Waals surface area contributed by atoms with Gasteiger partial charge in [-0.3, -0.25) is 4.79 Å². The number of amides is 1. The minimum atomic E-state index is -0.614. The Labute approximate surface area is 120 Å². The van der Waals surface area contributed by atoms with Gasteiger partial charge in [0.15, 0.2) is 0 Å².